The first kappa shape index (κ1) is 20.5. The van der Waals surface area contributed by atoms with Crippen molar-refractivity contribution in [2.24, 2.45) is 0 Å². The summed E-state index contributed by atoms with van der Waals surface area (Å²) in [7, 11) is 0. The Labute approximate surface area is 171 Å². The van der Waals surface area contributed by atoms with Crippen molar-refractivity contribution in [3.8, 4) is 0 Å². The first-order valence-electron chi connectivity index (χ1n) is 9.49. The normalized spacial score (nSPS) is 15.8. The van der Waals surface area contributed by atoms with Crippen LogP contribution in [0.5, 0.6) is 0 Å². The molecule has 4 rings (SSSR count). The third kappa shape index (κ3) is 4.76. The van der Waals surface area contributed by atoms with Gasteiger partial charge in [0.1, 0.15) is 0 Å². The molecule has 1 aliphatic rings. The van der Waals surface area contributed by atoms with E-state index >= 15 is 0 Å². The van der Waals surface area contributed by atoms with Gasteiger partial charge in [0.2, 0.25) is 0 Å². The molecule has 0 bridgehead atoms. The number of benzene rings is 2. The van der Waals surface area contributed by atoms with Gasteiger partial charge in [-0.1, -0.05) is 60.2 Å². The van der Waals surface area contributed by atoms with Crippen LogP contribution in [0.25, 0.3) is 0 Å². The fourth-order valence-electron chi connectivity index (χ4n) is 3.55. The smallest absolute Gasteiger partial charge is 0.173 e. The van der Waals surface area contributed by atoms with Crippen molar-refractivity contribution in [1.29, 1.82) is 0 Å². The molecule has 7 heteroatoms. The van der Waals surface area contributed by atoms with Crippen molar-refractivity contribution in [1.82, 2.24) is 25.1 Å². The van der Waals surface area contributed by atoms with E-state index in [1.807, 2.05) is 10.7 Å². The number of halogens is 1. The minimum atomic E-state index is 0. The van der Waals surface area contributed by atoms with Gasteiger partial charge >= 0.3 is 0 Å². The Bertz CT molecular complexity index is 847. The fraction of sp³-hybridized carbons (Fsp3) is 0.381. The Morgan fingerprint density at radius 3 is 2.43 bits per heavy atom. The van der Waals surface area contributed by atoms with Crippen molar-refractivity contribution in [2.75, 3.05) is 26.3 Å². The summed E-state index contributed by atoms with van der Waals surface area (Å²) in [6, 6.07) is 19.2. The summed E-state index contributed by atoms with van der Waals surface area (Å²) in [5.74, 6) is 0.900. The van der Waals surface area contributed by atoms with Crippen LogP contribution >= 0.6 is 12.4 Å². The third-order valence-corrected chi connectivity index (χ3v) is 5.06. The molecular formula is C21H26ClN5O. The van der Waals surface area contributed by atoms with Crippen LogP contribution in [-0.2, 0) is 17.7 Å². The van der Waals surface area contributed by atoms with Gasteiger partial charge in [-0.05, 0) is 34.9 Å². The van der Waals surface area contributed by atoms with E-state index in [1.54, 1.807) is 0 Å². The lowest BCUT2D eigenvalue weighted by molar-refractivity contribution is 0.0216. The van der Waals surface area contributed by atoms with E-state index in [4.69, 9.17) is 4.74 Å². The van der Waals surface area contributed by atoms with E-state index in [9.17, 15) is 0 Å². The van der Waals surface area contributed by atoms with Gasteiger partial charge in [0.05, 0.1) is 19.3 Å². The number of hydrogen-bond donors (Lipinski definition) is 0. The van der Waals surface area contributed by atoms with E-state index in [0.29, 0.717) is 0 Å². The van der Waals surface area contributed by atoms with Crippen LogP contribution in [-0.4, -0.2) is 51.4 Å². The molecule has 2 heterocycles. The molecule has 148 valence electrons. The lowest BCUT2D eigenvalue weighted by Crippen LogP contribution is -2.40. The van der Waals surface area contributed by atoms with E-state index in [2.05, 4.69) is 75.9 Å². The Morgan fingerprint density at radius 2 is 1.71 bits per heavy atom. The highest BCUT2D eigenvalue weighted by Gasteiger charge is 2.29. The summed E-state index contributed by atoms with van der Waals surface area (Å²) >= 11 is 0. The molecule has 0 radical (unpaired) electrons. The second-order valence-electron chi connectivity index (χ2n) is 6.96. The average molecular weight is 400 g/mol. The second-order valence-corrected chi connectivity index (χ2v) is 6.96. The van der Waals surface area contributed by atoms with Crippen molar-refractivity contribution < 1.29 is 4.74 Å². The lowest BCUT2D eigenvalue weighted by atomic mass is 10.0. The predicted molar refractivity (Wildman–Crippen MR) is 111 cm³/mol. The van der Waals surface area contributed by atoms with Gasteiger partial charge in [-0.15, -0.1) is 17.5 Å². The number of hydrogen-bond acceptors (Lipinski definition) is 5. The molecule has 3 aromatic rings. The summed E-state index contributed by atoms with van der Waals surface area (Å²) in [4.78, 5) is 2.42. The molecule has 6 nitrogen and oxygen atoms in total. The average Bonchev–Trinajstić information content (AvgIpc) is 3.18. The summed E-state index contributed by atoms with van der Waals surface area (Å²) < 4.78 is 7.51. The largest absolute Gasteiger partial charge is 0.379 e. The number of nitrogens with zero attached hydrogens (tertiary/aromatic N) is 5. The summed E-state index contributed by atoms with van der Waals surface area (Å²) in [5, 5.41) is 12.7. The van der Waals surface area contributed by atoms with Crippen molar-refractivity contribution in [3.05, 3.63) is 77.1 Å². The highest BCUT2D eigenvalue weighted by atomic mass is 35.5. The number of morpholine rings is 1. The number of ether oxygens (including phenoxy) is 1. The van der Waals surface area contributed by atoms with Gasteiger partial charge < -0.3 is 4.74 Å². The molecule has 1 fully saturated rings. The number of rotatable bonds is 6. The molecule has 1 atom stereocenters. The maximum atomic E-state index is 5.56. The molecule has 0 N–H and O–H groups in total. The molecular weight excluding hydrogens is 374 g/mol. The SMILES string of the molecule is Cc1ccc(C(c2nnnn2CCc2ccccc2)N2CCOCC2)cc1.Cl. The maximum absolute atomic E-state index is 5.56. The summed E-state index contributed by atoms with van der Waals surface area (Å²) in [5.41, 5.74) is 3.76. The van der Waals surface area contributed by atoms with Gasteiger partial charge in [-0.25, -0.2) is 4.68 Å². The van der Waals surface area contributed by atoms with Gasteiger partial charge in [-0.3, -0.25) is 4.90 Å². The van der Waals surface area contributed by atoms with Crippen LogP contribution in [0.15, 0.2) is 54.6 Å². The topological polar surface area (TPSA) is 56.1 Å². The molecule has 0 aliphatic carbocycles. The predicted octanol–water partition coefficient (Wildman–Crippen LogP) is 3.07. The third-order valence-electron chi connectivity index (χ3n) is 5.06. The maximum Gasteiger partial charge on any atom is 0.173 e. The number of tetrazole rings is 1. The Hall–Kier alpha value is -2.28. The highest BCUT2D eigenvalue weighted by molar-refractivity contribution is 5.85. The van der Waals surface area contributed by atoms with Gasteiger partial charge in [0.25, 0.3) is 0 Å². The van der Waals surface area contributed by atoms with Crippen molar-refractivity contribution in [3.63, 3.8) is 0 Å². The van der Waals surface area contributed by atoms with E-state index in [0.717, 1.165) is 45.1 Å². The zero-order chi connectivity index (χ0) is 18.5. The van der Waals surface area contributed by atoms with Crippen LogP contribution < -0.4 is 0 Å². The van der Waals surface area contributed by atoms with Crippen LogP contribution in [0.1, 0.15) is 28.6 Å². The summed E-state index contributed by atoms with van der Waals surface area (Å²) in [6.07, 6.45) is 0.905. The Balaban J connectivity index is 0.00000225. The van der Waals surface area contributed by atoms with Crippen LogP contribution in [0.3, 0.4) is 0 Å². The molecule has 0 amide bonds. The monoisotopic (exact) mass is 399 g/mol. The molecule has 0 spiro atoms. The standard InChI is InChI=1S/C21H25N5O.ClH/c1-17-7-9-19(10-8-17)20(25-13-15-27-16-14-25)21-22-23-24-26(21)12-11-18-5-3-2-4-6-18;/h2-10,20H,11-16H2,1H3;1H. The van der Waals surface area contributed by atoms with E-state index in [1.165, 1.54) is 16.7 Å². The molecule has 1 aliphatic heterocycles. The van der Waals surface area contributed by atoms with Crippen molar-refractivity contribution >= 4 is 12.4 Å². The highest BCUT2D eigenvalue weighted by Crippen LogP contribution is 2.28. The first-order valence-corrected chi connectivity index (χ1v) is 9.49. The first-order chi connectivity index (χ1) is 13.3. The zero-order valence-corrected chi connectivity index (χ0v) is 16.9. The molecule has 1 saturated heterocycles. The minimum absolute atomic E-state index is 0. The molecule has 1 unspecified atom stereocenters. The Kier molecular flexibility index (Phi) is 7.14. The number of aryl methyl sites for hydroxylation is 3. The van der Waals surface area contributed by atoms with Crippen molar-refractivity contribution in [2.45, 2.75) is 25.9 Å². The second kappa shape index (κ2) is 9.78. The molecule has 0 saturated carbocycles. The van der Waals surface area contributed by atoms with Crippen LogP contribution in [0.2, 0.25) is 0 Å². The van der Waals surface area contributed by atoms with E-state index in [-0.39, 0.29) is 18.4 Å². The minimum Gasteiger partial charge on any atom is -0.379 e. The quantitative estimate of drug-likeness (QED) is 0.637. The van der Waals surface area contributed by atoms with Gasteiger partial charge in [0.15, 0.2) is 5.82 Å². The van der Waals surface area contributed by atoms with Gasteiger partial charge in [0, 0.05) is 19.6 Å². The molecule has 1 aromatic heterocycles. The zero-order valence-electron chi connectivity index (χ0n) is 16.1. The van der Waals surface area contributed by atoms with Crippen LogP contribution in [0, 0.1) is 6.92 Å². The fourth-order valence-corrected chi connectivity index (χ4v) is 3.55. The Morgan fingerprint density at radius 1 is 1.00 bits per heavy atom. The van der Waals surface area contributed by atoms with Crippen LogP contribution in [0.4, 0.5) is 0 Å². The van der Waals surface area contributed by atoms with Gasteiger partial charge in [-0.2, -0.15) is 0 Å². The summed E-state index contributed by atoms with van der Waals surface area (Å²) in [6.45, 7) is 6.12. The number of aromatic nitrogens is 4. The molecule has 28 heavy (non-hydrogen) atoms. The molecule has 2 aromatic carbocycles. The van der Waals surface area contributed by atoms with E-state index < -0.39 is 0 Å². The lowest BCUT2D eigenvalue weighted by Gasteiger charge is -2.34.